The Balaban J connectivity index is 2.13. The first kappa shape index (κ1) is 15.6. The molecule has 0 aromatic heterocycles. The monoisotopic (exact) mass is 283 g/mol. The van der Waals surface area contributed by atoms with Crippen molar-refractivity contribution >= 4 is 5.69 Å². The van der Waals surface area contributed by atoms with Crippen LogP contribution in [0.15, 0.2) is 60.7 Å². The van der Waals surface area contributed by atoms with E-state index in [1.165, 1.54) is 0 Å². The van der Waals surface area contributed by atoms with Gasteiger partial charge in [0.15, 0.2) is 0 Å². The fourth-order valence-electron chi connectivity index (χ4n) is 2.75. The van der Waals surface area contributed by atoms with E-state index in [4.69, 9.17) is 0 Å². The van der Waals surface area contributed by atoms with Gasteiger partial charge in [0.05, 0.1) is 5.60 Å². The van der Waals surface area contributed by atoms with Gasteiger partial charge in [0.25, 0.3) is 0 Å². The highest BCUT2D eigenvalue weighted by molar-refractivity contribution is 5.43. The molecule has 0 saturated carbocycles. The van der Waals surface area contributed by atoms with E-state index >= 15 is 0 Å². The van der Waals surface area contributed by atoms with Crippen LogP contribution in [-0.4, -0.2) is 11.1 Å². The number of anilines is 1. The molecule has 2 aromatic rings. The highest BCUT2D eigenvalue weighted by Crippen LogP contribution is 2.34. The summed E-state index contributed by atoms with van der Waals surface area (Å²) in [6, 6.07) is 20.3. The molecule has 2 unspecified atom stereocenters. The zero-order valence-electron chi connectivity index (χ0n) is 13.1. The number of hydrogen-bond acceptors (Lipinski definition) is 2. The van der Waals surface area contributed by atoms with Gasteiger partial charge in [-0.1, -0.05) is 62.4 Å². The van der Waals surface area contributed by atoms with Crippen LogP contribution in [0.3, 0.4) is 0 Å². The smallest absolute Gasteiger partial charge is 0.0938 e. The molecule has 2 atom stereocenters. The maximum absolute atomic E-state index is 11.2. The van der Waals surface area contributed by atoms with Crippen molar-refractivity contribution in [2.24, 2.45) is 5.92 Å². The fraction of sp³-hybridized carbons (Fsp3) is 0.368. The minimum atomic E-state index is -0.817. The summed E-state index contributed by atoms with van der Waals surface area (Å²) in [5.74, 6) is 0.153. The van der Waals surface area contributed by atoms with Gasteiger partial charge in [-0.25, -0.2) is 0 Å². The topological polar surface area (TPSA) is 32.3 Å². The molecule has 0 spiro atoms. The molecule has 2 rings (SSSR count). The van der Waals surface area contributed by atoms with Crippen LogP contribution in [0.5, 0.6) is 0 Å². The number of aliphatic hydroxyl groups is 1. The minimum Gasteiger partial charge on any atom is -0.385 e. The van der Waals surface area contributed by atoms with E-state index in [9.17, 15) is 5.11 Å². The van der Waals surface area contributed by atoms with Gasteiger partial charge in [0.2, 0.25) is 0 Å². The van der Waals surface area contributed by atoms with Crippen LogP contribution in [0.1, 0.15) is 32.8 Å². The van der Waals surface area contributed by atoms with Crippen molar-refractivity contribution in [3.8, 4) is 0 Å². The quantitative estimate of drug-likeness (QED) is 0.822. The number of benzene rings is 2. The summed E-state index contributed by atoms with van der Waals surface area (Å²) < 4.78 is 0. The Bertz CT molecular complexity index is 538. The molecule has 0 heterocycles. The van der Waals surface area contributed by atoms with Gasteiger partial charge >= 0.3 is 0 Å². The van der Waals surface area contributed by atoms with Crippen molar-refractivity contribution in [3.05, 3.63) is 66.2 Å². The Hall–Kier alpha value is -1.80. The highest BCUT2D eigenvalue weighted by Gasteiger charge is 2.34. The molecule has 112 valence electrons. The molecule has 2 heteroatoms. The van der Waals surface area contributed by atoms with E-state index in [0.29, 0.717) is 6.42 Å². The van der Waals surface area contributed by atoms with E-state index in [1.807, 2.05) is 60.7 Å². The van der Waals surface area contributed by atoms with Crippen LogP contribution >= 0.6 is 0 Å². The Morgan fingerprint density at radius 3 is 1.95 bits per heavy atom. The standard InChI is InChI=1S/C19H25NO/c1-15(2)19(21,17-10-6-4-7-11-17)14-16(3)20-18-12-8-5-9-13-18/h4-13,15-16,20-21H,14H2,1-3H3. The Labute approximate surface area is 127 Å². The molecule has 0 aliphatic carbocycles. The molecule has 21 heavy (non-hydrogen) atoms. The van der Waals surface area contributed by atoms with Crippen molar-refractivity contribution in [3.63, 3.8) is 0 Å². The van der Waals surface area contributed by atoms with Gasteiger partial charge < -0.3 is 10.4 Å². The van der Waals surface area contributed by atoms with Crippen LogP contribution in [0.25, 0.3) is 0 Å². The zero-order chi connectivity index (χ0) is 15.3. The Kier molecular flexibility index (Phi) is 5.03. The molecule has 0 radical (unpaired) electrons. The summed E-state index contributed by atoms with van der Waals surface area (Å²) >= 11 is 0. The molecule has 0 aliphatic heterocycles. The lowest BCUT2D eigenvalue weighted by molar-refractivity contribution is -0.0214. The van der Waals surface area contributed by atoms with Gasteiger partial charge in [-0.15, -0.1) is 0 Å². The van der Waals surface area contributed by atoms with Crippen molar-refractivity contribution in [1.29, 1.82) is 0 Å². The molecule has 0 amide bonds. The fourth-order valence-corrected chi connectivity index (χ4v) is 2.75. The van der Waals surface area contributed by atoms with Crippen LogP contribution in [0.4, 0.5) is 5.69 Å². The normalized spacial score (nSPS) is 15.5. The molecule has 2 nitrogen and oxygen atoms in total. The number of hydrogen-bond donors (Lipinski definition) is 2. The zero-order valence-corrected chi connectivity index (χ0v) is 13.1. The van der Waals surface area contributed by atoms with Crippen molar-refractivity contribution in [2.45, 2.75) is 38.8 Å². The number of para-hydroxylation sites is 1. The lowest BCUT2D eigenvalue weighted by Gasteiger charge is -2.35. The van der Waals surface area contributed by atoms with Crippen molar-refractivity contribution in [2.75, 3.05) is 5.32 Å². The second-order valence-electron chi connectivity index (χ2n) is 6.06. The predicted octanol–water partition coefficient (Wildman–Crippen LogP) is 4.42. The Morgan fingerprint density at radius 1 is 0.905 bits per heavy atom. The van der Waals surface area contributed by atoms with Gasteiger partial charge in [-0.3, -0.25) is 0 Å². The first-order valence-corrected chi connectivity index (χ1v) is 7.62. The van der Waals surface area contributed by atoms with Crippen LogP contribution < -0.4 is 5.32 Å². The summed E-state index contributed by atoms with van der Waals surface area (Å²) in [5.41, 5.74) is 1.26. The maximum atomic E-state index is 11.2. The van der Waals surface area contributed by atoms with Crippen LogP contribution in [0, 0.1) is 5.92 Å². The van der Waals surface area contributed by atoms with Crippen molar-refractivity contribution < 1.29 is 5.11 Å². The van der Waals surface area contributed by atoms with E-state index in [2.05, 4.69) is 26.1 Å². The maximum Gasteiger partial charge on any atom is 0.0938 e. The lowest BCUT2D eigenvalue weighted by Crippen LogP contribution is -2.37. The summed E-state index contributed by atoms with van der Waals surface area (Å²) in [5, 5.41) is 14.6. The number of rotatable bonds is 6. The van der Waals surface area contributed by atoms with E-state index in [1.54, 1.807) is 0 Å². The summed E-state index contributed by atoms with van der Waals surface area (Å²) in [7, 11) is 0. The van der Waals surface area contributed by atoms with E-state index < -0.39 is 5.60 Å². The SMILES string of the molecule is CC(CC(O)(c1ccccc1)C(C)C)Nc1ccccc1. The molecule has 2 N–H and O–H groups in total. The first-order valence-electron chi connectivity index (χ1n) is 7.62. The summed E-state index contributed by atoms with van der Waals surface area (Å²) in [4.78, 5) is 0. The third kappa shape index (κ3) is 3.85. The van der Waals surface area contributed by atoms with Gasteiger partial charge in [-0.05, 0) is 30.5 Å². The van der Waals surface area contributed by atoms with Gasteiger partial charge in [0, 0.05) is 18.2 Å². The third-order valence-electron chi connectivity index (χ3n) is 4.03. The molecule has 2 aromatic carbocycles. The summed E-state index contributed by atoms with van der Waals surface area (Å²) in [6.45, 7) is 6.26. The van der Waals surface area contributed by atoms with Gasteiger partial charge in [-0.2, -0.15) is 0 Å². The molecular weight excluding hydrogens is 258 g/mol. The van der Waals surface area contributed by atoms with Crippen molar-refractivity contribution in [1.82, 2.24) is 0 Å². The first-order chi connectivity index (χ1) is 10.0. The molecule has 0 bridgehead atoms. The lowest BCUT2D eigenvalue weighted by atomic mass is 9.79. The number of nitrogens with one attached hydrogen (secondary N) is 1. The molecule has 0 saturated heterocycles. The van der Waals surface area contributed by atoms with Crippen LogP contribution in [-0.2, 0) is 5.60 Å². The Morgan fingerprint density at radius 2 is 1.43 bits per heavy atom. The second-order valence-corrected chi connectivity index (χ2v) is 6.06. The summed E-state index contributed by atoms with van der Waals surface area (Å²) in [6.07, 6.45) is 0.670. The third-order valence-corrected chi connectivity index (χ3v) is 4.03. The molecule has 0 aliphatic rings. The average molecular weight is 283 g/mol. The van der Waals surface area contributed by atoms with Crippen LogP contribution in [0.2, 0.25) is 0 Å². The molecular formula is C19H25NO. The highest BCUT2D eigenvalue weighted by atomic mass is 16.3. The average Bonchev–Trinajstić information content (AvgIpc) is 2.48. The van der Waals surface area contributed by atoms with E-state index in [0.717, 1.165) is 11.3 Å². The molecule has 0 fully saturated rings. The largest absolute Gasteiger partial charge is 0.385 e. The van der Waals surface area contributed by atoms with Gasteiger partial charge in [0.1, 0.15) is 0 Å². The van der Waals surface area contributed by atoms with E-state index in [-0.39, 0.29) is 12.0 Å². The minimum absolute atomic E-state index is 0.153. The second kappa shape index (κ2) is 6.77. The predicted molar refractivity (Wildman–Crippen MR) is 89.3 cm³/mol.